The summed E-state index contributed by atoms with van der Waals surface area (Å²) in [7, 11) is -4.45. The molecule has 0 aliphatic rings. The van der Waals surface area contributed by atoms with E-state index >= 15 is 0 Å². The average Bonchev–Trinajstić information content (AvgIpc) is 2.67. The van der Waals surface area contributed by atoms with Crippen molar-refractivity contribution >= 4 is 10.1 Å². The Hall–Kier alpha value is -2.63. The normalized spacial score (nSPS) is 12.7. The Morgan fingerprint density at radius 3 is 2.26 bits per heavy atom. The van der Waals surface area contributed by atoms with Crippen LogP contribution in [0.4, 0.5) is 0 Å². The predicted molar refractivity (Wildman–Crippen MR) is 106 cm³/mol. The van der Waals surface area contributed by atoms with Crippen LogP contribution in [-0.4, -0.2) is 18.1 Å². The molecule has 1 unspecified atom stereocenters. The second kappa shape index (κ2) is 7.94. The molecule has 140 valence electrons. The lowest BCUT2D eigenvalue weighted by atomic mass is 9.88. The fourth-order valence-corrected chi connectivity index (χ4v) is 3.94. The molecule has 27 heavy (non-hydrogen) atoms. The van der Waals surface area contributed by atoms with Crippen LogP contribution in [0.25, 0.3) is 0 Å². The van der Waals surface area contributed by atoms with Gasteiger partial charge in [-0.1, -0.05) is 67.6 Å². The van der Waals surface area contributed by atoms with E-state index in [1.54, 1.807) is 6.07 Å². The van der Waals surface area contributed by atoms with Gasteiger partial charge in [-0.15, -0.1) is 0 Å². The van der Waals surface area contributed by atoms with Crippen LogP contribution in [0.3, 0.4) is 0 Å². The molecule has 0 aromatic heterocycles. The van der Waals surface area contributed by atoms with Gasteiger partial charge >= 0.3 is 0 Å². The highest BCUT2D eigenvalue weighted by Crippen LogP contribution is 2.28. The minimum Gasteiger partial charge on any atom is -0.506 e. The number of hydrogen-bond acceptors (Lipinski definition) is 3. The van der Waals surface area contributed by atoms with E-state index in [9.17, 15) is 18.1 Å². The van der Waals surface area contributed by atoms with Crippen LogP contribution in [0.5, 0.6) is 5.75 Å². The van der Waals surface area contributed by atoms with E-state index in [2.05, 4.69) is 31.2 Å². The summed E-state index contributed by atoms with van der Waals surface area (Å²) in [6.45, 7) is 2.17. The van der Waals surface area contributed by atoms with Crippen LogP contribution in [-0.2, 0) is 23.0 Å². The molecule has 0 amide bonds. The lowest BCUT2D eigenvalue weighted by Gasteiger charge is -2.17. The number of aryl methyl sites for hydroxylation is 2. The highest BCUT2D eigenvalue weighted by atomic mass is 32.2. The van der Waals surface area contributed by atoms with Crippen molar-refractivity contribution in [2.75, 3.05) is 0 Å². The molecular formula is C22H22O4S. The summed E-state index contributed by atoms with van der Waals surface area (Å²) >= 11 is 0. The Balaban J connectivity index is 1.84. The molecular weight excluding hydrogens is 360 g/mol. The summed E-state index contributed by atoms with van der Waals surface area (Å²) in [5.74, 6) is -0.199. The zero-order valence-corrected chi connectivity index (χ0v) is 15.9. The highest BCUT2D eigenvalue weighted by Gasteiger charge is 2.16. The minimum atomic E-state index is -4.45. The van der Waals surface area contributed by atoms with Crippen LogP contribution in [0, 0.1) is 0 Å². The SMILES string of the molecule is CC(c1ccccc1)c1ccccc1CCc1ccc(O)c(S(=O)(=O)O)c1. The zero-order chi connectivity index (χ0) is 19.4. The summed E-state index contributed by atoms with van der Waals surface area (Å²) in [6, 6.07) is 22.8. The third-order valence-corrected chi connectivity index (χ3v) is 5.69. The van der Waals surface area contributed by atoms with E-state index in [1.165, 1.54) is 28.8 Å². The Labute approximate surface area is 159 Å². The van der Waals surface area contributed by atoms with Crippen molar-refractivity contribution in [2.45, 2.75) is 30.6 Å². The van der Waals surface area contributed by atoms with Crippen LogP contribution in [0.1, 0.15) is 35.1 Å². The molecule has 5 heteroatoms. The van der Waals surface area contributed by atoms with Crippen LogP contribution < -0.4 is 0 Å². The topological polar surface area (TPSA) is 74.6 Å². The molecule has 0 radical (unpaired) electrons. The monoisotopic (exact) mass is 382 g/mol. The van der Waals surface area contributed by atoms with Crippen LogP contribution in [0.15, 0.2) is 77.7 Å². The molecule has 1 atom stereocenters. The number of benzene rings is 3. The molecule has 0 saturated carbocycles. The fourth-order valence-electron chi connectivity index (χ4n) is 3.31. The molecule has 4 nitrogen and oxygen atoms in total. The first-order chi connectivity index (χ1) is 12.9. The predicted octanol–water partition coefficient (Wildman–Crippen LogP) is 4.58. The van der Waals surface area contributed by atoms with Gasteiger partial charge in [0, 0.05) is 5.92 Å². The maximum absolute atomic E-state index is 11.4. The van der Waals surface area contributed by atoms with E-state index in [-0.39, 0.29) is 5.92 Å². The molecule has 0 aliphatic heterocycles. The zero-order valence-electron chi connectivity index (χ0n) is 15.0. The van der Waals surface area contributed by atoms with E-state index in [4.69, 9.17) is 0 Å². The van der Waals surface area contributed by atoms with Crippen molar-refractivity contribution in [2.24, 2.45) is 0 Å². The highest BCUT2D eigenvalue weighted by molar-refractivity contribution is 7.86. The summed E-state index contributed by atoms with van der Waals surface area (Å²) in [5.41, 5.74) is 4.40. The van der Waals surface area contributed by atoms with Gasteiger partial charge in [0.15, 0.2) is 0 Å². The van der Waals surface area contributed by atoms with E-state index in [1.807, 2.05) is 30.3 Å². The second-order valence-corrected chi connectivity index (χ2v) is 8.00. The molecule has 3 rings (SSSR count). The number of aromatic hydroxyl groups is 1. The first-order valence-electron chi connectivity index (χ1n) is 8.78. The maximum Gasteiger partial charge on any atom is 0.298 e. The molecule has 0 aliphatic carbocycles. The first kappa shape index (κ1) is 19.1. The maximum atomic E-state index is 11.4. The summed E-state index contributed by atoms with van der Waals surface area (Å²) in [6.07, 6.45) is 1.32. The van der Waals surface area contributed by atoms with Gasteiger partial charge in [0.25, 0.3) is 10.1 Å². The largest absolute Gasteiger partial charge is 0.506 e. The quantitative estimate of drug-likeness (QED) is 0.612. The van der Waals surface area contributed by atoms with Gasteiger partial charge < -0.3 is 5.11 Å². The van der Waals surface area contributed by atoms with Gasteiger partial charge in [-0.3, -0.25) is 4.55 Å². The van der Waals surface area contributed by atoms with Crippen molar-refractivity contribution < 1.29 is 18.1 Å². The fraction of sp³-hybridized carbons (Fsp3) is 0.182. The Morgan fingerprint density at radius 1 is 0.889 bits per heavy atom. The van der Waals surface area contributed by atoms with Crippen LogP contribution in [0.2, 0.25) is 0 Å². The molecule has 0 fully saturated rings. The number of phenolic OH excluding ortho intramolecular Hbond substituents is 1. The molecule has 3 aromatic rings. The van der Waals surface area contributed by atoms with Crippen molar-refractivity contribution in [3.8, 4) is 5.75 Å². The van der Waals surface area contributed by atoms with Gasteiger partial charge in [0.2, 0.25) is 0 Å². The smallest absolute Gasteiger partial charge is 0.298 e. The van der Waals surface area contributed by atoms with Crippen molar-refractivity contribution in [3.05, 3.63) is 95.1 Å². The third kappa shape index (κ3) is 4.56. The second-order valence-electron chi connectivity index (χ2n) is 6.61. The molecule has 0 heterocycles. The van der Waals surface area contributed by atoms with Crippen molar-refractivity contribution in [1.82, 2.24) is 0 Å². The molecule has 0 saturated heterocycles. The lowest BCUT2D eigenvalue weighted by Crippen LogP contribution is -2.03. The van der Waals surface area contributed by atoms with Crippen molar-refractivity contribution in [3.63, 3.8) is 0 Å². The van der Waals surface area contributed by atoms with Gasteiger partial charge in [-0.25, -0.2) is 0 Å². The Kier molecular flexibility index (Phi) is 5.63. The summed E-state index contributed by atoms with van der Waals surface area (Å²) in [5, 5.41) is 9.66. The first-order valence-corrected chi connectivity index (χ1v) is 10.2. The van der Waals surface area contributed by atoms with Crippen molar-refractivity contribution in [1.29, 1.82) is 0 Å². The molecule has 3 aromatic carbocycles. The lowest BCUT2D eigenvalue weighted by molar-refractivity contribution is 0.443. The molecule has 2 N–H and O–H groups in total. The van der Waals surface area contributed by atoms with E-state index in [0.29, 0.717) is 6.42 Å². The van der Waals surface area contributed by atoms with Gasteiger partial charge in [-0.05, 0) is 47.2 Å². The number of phenols is 1. The van der Waals surface area contributed by atoms with Gasteiger partial charge in [-0.2, -0.15) is 8.42 Å². The number of rotatable bonds is 6. The van der Waals surface area contributed by atoms with Gasteiger partial charge in [0.1, 0.15) is 10.6 Å². The number of hydrogen-bond donors (Lipinski definition) is 2. The Morgan fingerprint density at radius 2 is 1.56 bits per heavy atom. The summed E-state index contributed by atoms with van der Waals surface area (Å²) < 4.78 is 32.0. The minimum absolute atomic E-state index is 0.246. The Bertz CT molecular complexity index is 1030. The third-order valence-electron chi connectivity index (χ3n) is 4.81. The van der Waals surface area contributed by atoms with Gasteiger partial charge in [0.05, 0.1) is 0 Å². The van der Waals surface area contributed by atoms with Crippen LogP contribution >= 0.6 is 0 Å². The van der Waals surface area contributed by atoms with E-state index in [0.717, 1.165) is 12.0 Å². The molecule has 0 spiro atoms. The summed E-state index contributed by atoms with van der Waals surface area (Å²) in [4.78, 5) is -0.453. The van der Waals surface area contributed by atoms with E-state index < -0.39 is 20.8 Å². The standard InChI is InChI=1S/C22H22O4S/c1-16(18-7-3-2-4-8-18)20-10-6-5-9-19(20)13-11-17-12-14-21(23)22(15-17)27(24,25)26/h2-10,12,14-16,23H,11,13H2,1H3,(H,24,25,26). The average molecular weight is 382 g/mol. The molecule has 0 bridgehead atoms.